The van der Waals surface area contributed by atoms with Crippen LogP contribution >= 0.6 is 18.0 Å². The molecule has 5 nitrogen and oxygen atoms in total. The smallest absolute Gasteiger partial charge is 0.294 e. The molecule has 1 amide bonds. The number of benzene rings is 1. The van der Waals surface area contributed by atoms with Crippen LogP contribution in [-0.4, -0.2) is 25.0 Å². The van der Waals surface area contributed by atoms with Crippen LogP contribution in [0.25, 0.3) is 0 Å². The Balaban J connectivity index is 2.50. The molecule has 0 bridgehead atoms. The van der Waals surface area contributed by atoms with Crippen LogP contribution in [0.15, 0.2) is 30.3 Å². The van der Waals surface area contributed by atoms with Crippen molar-refractivity contribution in [3.05, 3.63) is 35.9 Å². The van der Waals surface area contributed by atoms with E-state index in [2.05, 4.69) is 24.0 Å². The van der Waals surface area contributed by atoms with E-state index in [1.54, 1.807) is 24.3 Å². The minimum Gasteiger partial charge on any atom is -0.366 e. The molecule has 1 unspecified atom stereocenters. The summed E-state index contributed by atoms with van der Waals surface area (Å²) < 4.78 is 18.7. The van der Waals surface area contributed by atoms with Gasteiger partial charge >= 0.3 is 0 Å². The Morgan fingerprint density at radius 1 is 1.04 bits per heavy atom. The van der Waals surface area contributed by atoms with Gasteiger partial charge in [-0.25, -0.2) is 5.09 Å². The molecule has 0 saturated heterocycles. The highest BCUT2D eigenvalue weighted by Crippen LogP contribution is 2.51. The number of rotatable bonds is 15. The van der Waals surface area contributed by atoms with E-state index in [4.69, 9.17) is 4.74 Å². The number of amides is 1. The van der Waals surface area contributed by atoms with Crippen molar-refractivity contribution in [3.63, 3.8) is 0 Å². The van der Waals surface area contributed by atoms with Crippen LogP contribution in [0.5, 0.6) is 0 Å². The lowest BCUT2D eigenvalue weighted by atomic mass is 10.2. The summed E-state index contributed by atoms with van der Waals surface area (Å²) in [5, 5.41) is 5.62. The van der Waals surface area contributed by atoms with Gasteiger partial charge in [-0.1, -0.05) is 75.5 Å². The van der Waals surface area contributed by atoms with Crippen molar-refractivity contribution in [1.29, 1.82) is 0 Å². The maximum Gasteiger partial charge on any atom is 0.294 e. The third-order valence-electron chi connectivity index (χ3n) is 3.82. The molecule has 2 N–H and O–H groups in total. The lowest BCUT2D eigenvalue weighted by molar-refractivity contribution is 0.0978. The number of ether oxygens (including phenoxy) is 1. The standard InChI is InChI=1S/C19H33N2O3PS/c1-3-5-7-11-15-24-17-20-25(23,26-16-12-6-4-2)21-19(22)18-13-9-8-10-14-18/h8-10,13-14H,3-7,11-12,15-17H2,1-2H3,(H2,20,21,22,23). The van der Waals surface area contributed by atoms with Crippen molar-refractivity contribution in [2.24, 2.45) is 0 Å². The van der Waals surface area contributed by atoms with E-state index in [0.717, 1.165) is 37.9 Å². The molecule has 0 saturated carbocycles. The van der Waals surface area contributed by atoms with Crippen LogP contribution in [0, 0.1) is 0 Å². The van der Waals surface area contributed by atoms with Gasteiger partial charge in [0.1, 0.15) is 6.73 Å². The number of unbranched alkanes of at least 4 members (excludes halogenated alkanes) is 5. The van der Waals surface area contributed by atoms with Crippen molar-refractivity contribution < 1.29 is 14.1 Å². The van der Waals surface area contributed by atoms with E-state index < -0.39 is 6.65 Å². The first kappa shape index (κ1) is 23.2. The SMILES string of the molecule is CCCCCCOCNP(=O)(NC(=O)c1ccccc1)SCCCCC. The van der Waals surface area contributed by atoms with Gasteiger partial charge in [-0.2, -0.15) is 0 Å². The predicted octanol–water partition coefficient (Wildman–Crippen LogP) is 5.59. The zero-order chi connectivity index (χ0) is 19.1. The maximum absolute atomic E-state index is 13.1. The van der Waals surface area contributed by atoms with E-state index in [1.807, 2.05) is 6.07 Å². The van der Waals surface area contributed by atoms with E-state index in [-0.39, 0.29) is 12.6 Å². The quantitative estimate of drug-likeness (QED) is 0.228. The summed E-state index contributed by atoms with van der Waals surface area (Å²) in [7, 11) is 0. The Hall–Kier alpha value is -0.810. The third kappa shape index (κ3) is 10.4. The van der Waals surface area contributed by atoms with Gasteiger partial charge in [-0.3, -0.25) is 14.4 Å². The summed E-state index contributed by atoms with van der Waals surface area (Å²) in [6.07, 6.45) is 7.71. The topological polar surface area (TPSA) is 67.4 Å². The first-order chi connectivity index (χ1) is 12.6. The molecule has 0 aromatic heterocycles. The van der Waals surface area contributed by atoms with Crippen molar-refractivity contribution >= 4 is 23.9 Å². The lowest BCUT2D eigenvalue weighted by Gasteiger charge is -2.20. The fraction of sp³-hybridized carbons (Fsp3) is 0.632. The molecule has 1 atom stereocenters. The highest BCUT2D eigenvalue weighted by molar-refractivity contribution is 8.57. The van der Waals surface area contributed by atoms with Gasteiger partial charge in [0.05, 0.1) is 0 Å². The number of hydrogen-bond donors (Lipinski definition) is 2. The second-order valence-electron chi connectivity index (χ2n) is 6.17. The number of carbonyl (C=O) groups is 1. The second kappa shape index (κ2) is 14.3. The van der Waals surface area contributed by atoms with Crippen LogP contribution in [0.1, 0.15) is 69.2 Å². The summed E-state index contributed by atoms with van der Waals surface area (Å²) in [5.74, 6) is 0.413. The van der Waals surface area contributed by atoms with E-state index in [9.17, 15) is 9.36 Å². The highest BCUT2D eigenvalue weighted by Gasteiger charge is 2.25. The lowest BCUT2D eigenvalue weighted by Crippen LogP contribution is -2.28. The summed E-state index contributed by atoms with van der Waals surface area (Å²) in [6.45, 7) is 2.02. The second-order valence-corrected chi connectivity index (χ2v) is 10.8. The van der Waals surface area contributed by atoms with Crippen molar-refractivity contribution in [2.75, 3.05) is 19.1 Å². The first-order valence-corrected chi connectivity index (χ1v) is 12.9. The van der Waals surface area contributed by atoms with Crippen molar-refractivity contribution in [3.8, 4) is 0 Å². The molecule has 0 radical (unpaired) electrons. The van der Waals surface area contributed by atoms with Crippen LogP contribution in [0.2, 0.25) is 0 Å². The van der Waals surface area contributed by atoms with Gasteiger partial charge in [0.2, 0.25) is 0 Å². The molecule has 26 heavy (non-hydrogen) atoms. The summed E-state index contributed by atoms with van der Waals surface area (Å²) >= 11 is 1.29. The Morgan fingerprint density at radius 3 is 2.42 bits per heavy atom. The largest absolute Gasteiger partial charge is 0.366 e. The average molecular weight is 401 g/mol. The zero-order valence-corrected chi connectivity index (χ0v) is 17.7. The van der Waals surface area contributed by atoms with Gasteiger partial charge in [-0.05, 0) is 25.0 Å². The molecule has 1 rings (SSSR count). The van der Waals surface area contributed by atoms with Crippen LogP contribution in [0.3, 0.4) is 0 Å². The van der Waals surface area contributed by atoms with E-state index in [1.165, 1.54) is 24.2 Å². The normalized spacial score (nSPS) is 13.3. The van der Waals surface area contributed by atoms with Gasteiger partial charge in [0.25, 0.3) is 12.6 Å². The van der Waals surface area contributed by atoms with Gasteiger partial charge in [0.15, 0.2) is 0 Å². The van der Waals surface area contributed by atoms with Crippen LogP contribution < -0.4 is 10.2 Å². The molecule has 7 heteroatoms. The zero-order valence-electron chi connectivity index (χ0n) is 16.0. The summed E-state index contributed by atoms with van der Waals surface area (Å²) in [4.78, 5) is 12.4. The monoisotopic (exact) mass is 400 g/mol. The molecule has 1 aromatic rings. The molecule has 0 aliphatic rings. The Morgan fingerprint density at radius 2 is 1.73 bits per heavy atom. The molecule has 0 spiro atoms. The van der Waals surface area contributed by atoms with E-state index in [0.29, 0.717) is 12.2 Å². The summed E-state index contributed by atoms with van der Waals surface area (Å²) in [6, 6.07) is 8.86. The fourth-order valence-electron chi connectivity index (χ4n) is 2.28. The minimum absolute atomic E-state index is 0.180. The van der Waals surface area contributed by atoms with Gasteiger partial charge < -0.3 is 4.74 Å². The molecule has 0 fully saturated rings. The van der Waals surface area contributed by atoms with Crippen LogP contribution in [0.4, 0.5) is 0 Å². The molecule has 1 aromatic carbocycles. The molecule has 0 aliphatic carbocycles. The van der Waals surface area contributed by atoms with Crippen LogP contribution in [-0.2, 0) is 9.30 Å². The fourth-order valence-corrected chi connectivity index (χ4v) is 5.80. The molecular formula is C19H33N2O3PS. The molecular weight excluding hydrogens is 367 g/mol. The van der Waals surface area contributed by atoms with Crippen molar-refractivity contribution in [2.45, 2.75) is 58.8 Å². The molecule has 0 aliphatic heterocycles. The number of carbonyl (C=O) groups excluding carboxylic acids is 1. The highest BCUT2D eigenvalue weighted by atomic mass is 32.7. The Kier molecular flexibility index (Phi) is 12.8. The van der Waals surface area contributed by atoms with Crippen molar-refractivity contribution in [1.82, 2.24) is 10.2 Å². The average Bonchev–Trinajstić information content (AvgIpc) is 2.65. The molecule has 148 valence electrons. The summed E-state index contributed by atoms with van der Waals surface area (Å²) in [5.41, 5.74) is 0.504. The maximum atomic E-state index is 13.1. The van der Waals surface area contributed by atoms with Gasteiger partial charge in [0, 0.05) is 17.9 Å². The van der Waals surface area contributed by atoms with Gasteiger partial charge in [-0.15, -0.1) is 0 Å². The predicted molar refractivity (Wildman–Crippen MR) is 112 cm³/mol. The minimum atomic E-state index is -3.10. The number of nitrogens with one attached hydrogen (secondary N) is 2. The number of hydrogen-bond acceptors (Lipinski definition) is 4. The molecule has 0 heterocycles. The Bertz CT molecular complexity index is 543. The Labute approximate surface area is 162 Å². The first-order valence-electron chi connectivity index (χ1n) is 9.56. The third-order valence-corrected chi connectivity index (χ3v) is 8.00. The van der Waals surface area contributed by atoms with E-state index >= 15 is 0 Å².